The summed E-state index contributed by atoms with van der Waals surface area (Å²) in [6, 6.07) is 14.0. The molecule has 1 aliphatic carbocycles. The normalized spacial score (nSPS) is 16.9. The Hall–Kier alpha value is -2.70. The zero-order valence-electron chi connectivity index (χ0n) is 18.8. The molecule has 1 heterocycles. The van der Waals surface area contributed by atoms with Gasteiger partial charge in [0.15, 0.2) is 5.78 Å². The fraction of sp³-hybridized carbons (Fsp3) is 0.462. The number of hydrogen-bond acceptors (Lipinski definition) is 5. The number of carbonyl (C=O) groups excluding carboxylic acids is 2. The van der Waals surface area contributed by atoms with E-state index in [1.807, 2.05) is 36.4 Å². The number of rotatable bonds is 9. The first-order chi connectivity index (χ1) is 15.6. The van der Waals surface area contributed by atoms with Crippen LogP contribution in [-0.2, 0) is 22.4 Å². The van der Waals surface area contributed by atoms with Crippen molar-refractivity contribution in [2.75, 3.05) is 40.0 Å². The summed E-state index contributed by atoms with van der Waals surface area (Å²) in [5.74, 6) is 0.754. The molecule has 0 radical (unpaired) electrons. The lowest BCUT2D eigenvalue weighted by atomic mass is 10.0. The van der Waals surface area contributed by atoms with E-state index in [0.29, 0.717) is 19.8 Å². The average molecular weight is 437 g/mol. The largest absolute Gasteiger partial charge is 0.497 e. The molecular formula is C26H32N2O4. The number of nitrogens with zero attached hydrogens (tertiary/aromatic N) is 1. The first-order valence-electron chi connectivity index (χ1n) is 11.5. The van der Waals surface area contributed by atoms with Crippen molar-refractivity contribution < 1.29 is 19.1 Å². The van der Waals surface area contributed by atoms with Crippen molar-refractivity contribution in [3.8, 4) is 5.75 Å². The van der Waals surface area contributed by atoms with Crippen LogP contribution in [0.1, 0.15) is 52.4 Å². The molecule has 2 aliphatic rings. The molecule has 1 N–H and O–H groups in total. The molecule has 1 fully saturated rings. The van der Waals surface area contributed by atoms with Crippen LogP contribution in [0.2, 0.25) is 0 Å². The molecule has 1 aliphatic heterocycles. The fourth-order valence-corrected chi connectivity index (χ4v) is 4.59. The Labute approximate surface area is 189 Å². The van der Waals surface area contributed by atoms with Gasteiger partial charge < -0.3 is 14.8 Å². The van der Waals surface area contributed by atoms with E-state index in [4.69, 9.17) is 9.47 Å². The van der Waals surface area contributed by atoms with E-state index in [9.17, 15) is 9.59 Å². The minimum atomic E-state index is -0.0914. The lowest BCUT2D eigenvalue weighted by Crippen LogP contribution is -2.43. The van der Waals surface area contributed by atoms with Gasteiger partial charge in [-0.2, -0.15) is 0 Å². The minimum Gasteiger partial charge on any atom is -0.497 e. The summed E-state index contributed by atoms with van der Waals surface area (Å²) in [6.45, 7) is 3.52. The molecule has 2 aromatic carbocycles. The molecule has 1 atom stereocenters. The smallest absolute Gasteiger partial charge is 0.220 e. The van der Waals surface area contributed by atoms with E-state index in [-0.39, 0.29) is 30.6 Å². The van der Waals surface area contributed by atoms with Gasteiger partial charge in [0.25, 0.3) is 0 Å². The van der Waals surface area contributed by atoms with Crippen molar-refractivity contribution in [2.45, 2.75) is 38.1 Å². The van der Waals surface area contributed by atoms with Crippen molar-refractivity contribution in [3.63, 3.8) is 0 Å². The van der Waals surface area contributed by atoms with E-state index in [2.05, 4.69) is 16.3 Å². The van der Waals surface area contributed by atoms with Crippen LogP contribution in [0, 0.1) is 0 Å². The van der Waals surface area contributed by atoms with Gasteiger partial charge in [0, 0.05) is 38.0 Å². The Morgan fingerprint density at radius 1 is 1.03 bits per heavy atom. The van der Waals surface area contributed by atoms with Crippen LogP contribution in [0.5, 0.6) is 5.75 Å². The number of amides is 1. The molecule has 2 aromatic rings. The summed E-state index contributed by atoms with van der Waals surface area (Å²) in [5, 5.41) is 3.05. The predicted molar refractivity (Wildman–Crippen MR) is 123 cm³/mol. The maximum Gasteiger partial charge on any atom is 0.220 e. The van der Waals surface area contributed by atoms with E-state index in [0.717, 1.165) is 49.2 Å². The van der Waals surface area contributed by atoms with Gasteiger partial charge in [-0.1, -0.05) is 24.3 Å². The summed E-state index contributed by atoms with van der Waals surface area (Å²) in [4.78, 5) is 27.5. The molecule has 0 aromatic heterocycles. The minimum absolute atomic E-state index is 0.0368. The highest BCUT2D eigenvalue weighted by molar-refractivity contribution is 5.98. The van der Waals surface area contributed by atoms with Gasteiger partial charge in [-0.05, 0) is 54.2 Å². The topological polar surface area (TPSA) is 67.9 Å². The van der Waals surface area contributed by atoms with Gasteiger partial charge >= 0.3 is 0 Å². The van der Waals surface area contributed by atoms with E-state index < -0.39 is 0 Å². The monoisotopic (exact) mass is 436 g/mol. The second-order valence-electron chi connectivity index (χ2n) is 8.50. The second-order valence-corrected chi connectivity index (χ2v) is 8.50. The number of benzene rings is 2. The van der Waals surface area contributed by atoms with Crippen molar-refractivity contribution in [1.29, 1.82) is 0 Å². The van der Waals surface area contributed by atoms with Crippen LogP contribution < -0.4 is 10.1 Å². The first kappa shape index (κ1) is 22.5. The van der Waals surface area contributed by atoms with Crippen molar-refractivity contribution >= 4 is 11.7 Å². The molecule has 32 heavy (non-hydrogen) atoms. The number of hydrogen-bond donors (Lipinski definition) is 1. The zero-order chi connectivity index (χ0) is 22.3. The van der Waals surface area contributed by atoms with Gasteiger partial charge in [-0.25, -0.2) is 0 Å². The summed E-state index contributed by atoms with van der Waals surface area (Å²) in [7, 11) is 1.65. The van der Waals surface area contributed by atoms with E-state index in [1.54, 1.807) is 7.11 Å². The molecule has 6 nitrogen and oxygen atoms in total. The summed E-state index contributed by atoms with van der Waals surface area (Å²) in [5.41, 5.74) is 4.49. The van der Waals surface area contributed by atoms with Gasteiger partial charge in [-0.15, -0.1) is 0 Å². The molecule has 0 bridgehead atoms. The Bertz CT molecular complexity index is 935. The van der Waals surface area contributed by atoms with E-state index in [1.165, 1.54) is 11.1 Å². The molecule has 1 amide bonds. The van der Waals surface area contributed by atoms with Crippen molar-refractivity contribution in [3.05, 3.63) is 64.7 Å². The third kappa shape index (κ3) is 5.56. The standard InChI is InChI=1S/C26H32N2O4/c1-31-23-9-7-20(8-10-23)24(28-13-15-32-16-14-28)18-27-26(30)12-11-25(29)22-6-5-19-3-2-4-21(19)17-22/h5-10,17,24H,2-4,11-16,18H2,1H3,(H,27,30)/t24-/m1/s1. The Balaban J connectivity index is 1.32. The molecule has 1 saturated heterocycles. The number of carbonyl (C=O) groups is 2. The number of ketones is 1. The number of morpholine rings is 1. The third-order valence-corrected chi connectivity index (χ3v) is 6.48. The van der Waals surface area contributed by atoms with Gasteiger partial charge in [0.05, 0.1) is 26.4 Å². The molecule has 6 heteroatoms. The van der Waals surface area contributed by atoms with Crippen molar-refractivity contribution in [1.82, 2.24) is 10.2 Å². The maximum absolute atomic E-state index is 12.6. The molecule has 4 rings (SSSR count). The lowest BCUT2D eigenvalue weighted by Gasteiger charge is -2.35. The predicted octanol–water partition coefficient (Wildman–Crippen LogP) is 3.34. The zero-order valence-corrected chi connectivity index (χ0v) is 18.8. The number of ether oxygens (including phenoxy) is 2. The molecule has 0 unspecified atom stereocenters. The third-order valence-electron chi connectivity index (χ3n) is 6.48. The number of fused-ring (bicyclic) bond motifs is 1. The van der Waals surface area contributed by atoms with Crippen molar-refractivity contribution in [2.24, 2.45) is 0 Å². The number of aryl methyl sites for hydroxylation is 2. The maximum atomic E-state index is 12.6. The quantitative estimate of drug-likeness (QED) is 0.611. The lowest BCUT2D eigenvalue weighted by molar-refractivity contribution is -0.121. The van der Waals surface area contributed by atoms with Crippen LogP contribution in [0.4, 0.5) is 0 Å². The summed E-state index contributed by atoms with van der Waals surface area (Å²) in [6.07, 6.45) is 3.74. The summed E-state index contributed by atoms with van der Waals surface area (Å²) >= 11 is 0. The molecule has 0 saturated carbocycles. The van der Waals surface area contributed by atoms with Crippen LogP contribution in [0.15, 0.2) is 42.5 Å². The highest BCUT2D eigenvalue weighted by Gasteiger charge is 2.23. The molecular weight excluding hydrogens is 404 g/mol. The van der Waals surface area contributed by atoms with Crippen LogP contribution in [0.25, 0.3) is 0 Å². The fourth-order valence-electron chi connectivity index (χ4n) is 4.59. The Morgan fingerprint density at radius 3 is 2.53 bits per heavy atom. The van der Waals surface area contributed by atoms with Crippen LogP contribution in [0.3, 0.4) is 0 Å². The molecule has 0 spiro atoms. The highest BCUT2D eigenvalue weighted by Crippen LogP contribution is 2.25. The van der Waals surface area contributed by atoms with Crippen LogP contribution in [-0.4, -0.2) is 56.5 Å². The SMILES string of the molecule is COc1ccc([C@@H](CNC(=O)CCC(=O)c2ccc3c(c2)CCC3)N2CCOCC2)cc1. The van der Waals surface area contributed by atoms with Gasteiger partial charge in [-0.3, -0.25) is 14.5 Å². The Kier molecular flexibility index (Phi) is 7.55. The van der Waals surface area contributed by atoms with E-state index >= 15 is 0 Å². The second kappa shape index (κ2) is 10.7. The first-order valence-corrected chi connectivity index (χ1v) is 11.5. The average Bonchev–Trinajstić information content (AvgIpc) is 3.32. The van der Waals surface area contributed by atoms with Crippen LogP contribution >= 0.6 is 0 Å². The number of Topliss-reactive ketones (excluding diaryl/α,β-unsaturated/α-hetero) is 1. The number of methoxy groups -OCH3 is 1. The summed E-state index contributed by atoms with van der Waals surface area (Å²) < 4.78 is 10.8. The van der Waals surface area contributed by atoms with Gasteiger partial charge in [0.1, 0.15) is 5.75 Å². The molecule has 170 valence electrons. The Morgan fingerprint density at radius 2 is 1.78 bits per heavy atom. The number of nitrogens with one attached hydrogen (secondary N) is 1. The highest BCUT2D eigenvalue weighted by atomic mass is 16.5. The van der Waals surface area contributed by atoms with Gasteiger partial charge in [0.2, 0.25) is 5.91 Å².